The SMILES string of the molecule is Clc1cccc(C(c2ccccn2)N2CCCNCC2)c1Cl. The molecule has 1 fully saturated rings. The van der Waals surface area contributed by atoms with Gasteiger partial charge in [0.25, 0.3) is 0 Å². The standard InChI is InChI=1S/C17H19Cl2N3/c18-14-6-3-5-13(16(14)19)17(15-7-1-2-9-21-15)22-11-4-8-20-10-12-22/h1-3,5-7,9,17,20H,4,8,10-12H2. The van der Waals surface area contributed by atoms with Crippen LogP contribution in [0.1, 0.15) is 23.7 Å². The topological polar surface area (TPSA) is 28.2 Å². The molecule has 1 unspecified atom stereocenters. The summed E-state index contributed by atoms with van der Waals surface area (Å²) in [5.41, 5.74) is 2.03. The van der Waals surface area contributed by atoms with E-state index in [2.05, 4.69) is 21.3 Å². The van der Waals surface area contributed by atoms with Crippen LogP contribution in [-0.4, -0.2) is 36.1 Å². The first-order valence-corrected chi connectivity index (χ1v) is 8.32. The lowest BCUT2D eigenvalue weighted by Gasteiger charge is -2.31. The first-order valence-electron chi connectivity index (χ1n) is 7.57. The number of hydrogen-bond donors (Lipinski definition) is 1. The van der Waals surface area contributed by atoms with E-state index in [0.717, 1.165) is 43.9 Å². The van der Waals surface area contributed by atoms with Crippen LogP contribution in [0.25, 0.3) is 0 Å². The summed E-state index contributed by atoms with van der Waals surface area (Å²) in [6, 6.07) is 11.9. The molecular formula is C17H19Cl2N3. The third-order valence-electron chi connectivity index (χ3n) is 3.98. The van der Waals surface area contributed by atoms with Crippen LogP contribution in [0.15, 0.2) is 42.6 Å². The van der Waals surface area contributed by atoms with Gasteiger partial charge in [0.2, 0.25) is 0 Å². The van der Waals surface area contributed by atoms with E-state index in [0.29, 0.717) is 10.0 Å². The van der Waals surface area contributed by atoms with E-state index in [1.807, 2.05) is 36.5 Å². The van der Waals surface area contributed by atoms with Crippen LogP contribution < -0.4 is 5.32 Å². The Bertz CT molecular complexity index is 611. The van der Waals surface area contributed by atoms with Gasteiger partial charge in [0, 0.05) is 25.8 Å². The normalized spacial score (nSPS) is 17.9. The smallest absolute Gasteiger partial charge is 0.0791 e. The number of hydrogen-bond acceptors (Lipinski definition) is 3. The second-order valence-corrected chi connectivity index (χ2v) is 6.22. The van der Waals surface area contributed by atoms with Crippen LogP contribution in [0.4, 0.5) is 0 Å². The van der Waals surface area contributed by atoms with Crippen molar-refractivity contribution in [2.75, 3.05) is 26.2 Å². The molecule has 1 aromatic heterocycles. The molecule has 1 aliphatic rings. The summed E-state index contributed by atoms with van der Waals surface area (Å²) in [6.07, 6.45) is 2.94. The van der Waals surface area contributed by atoms with Gasteiger partial charge in [-0.05, 0) is 36.7 Å². The van der Waals surface area contributed by atoms with E-state index in [9.17, 15) is 0 Å². The van der Waals surface area contributed by atoms with Gasteiger partial charge in [0.05, 0.1) is 21.8 Å². The summed E-state index contributed by atoms with van der Waals surface area (Å²) >= 11 is 12.7. The molecule has 1 aromatic carbocycles. The third-order valence-corrected chi connectivity index (χ3v) is 4.82. The highest BCUT2D eigenvalue weighted by molar-refractivity contribution is 6.42. The molecule has 0 amide bonds. The predicted octanol–water partition coefficient (Wildman–Crippen LogP) is 3.77. The van der Waals surface area contributed by atoms with Crippen LogP contribution in [0, 0.1) is 0 Å². The van der Waals surface area contributed by atoms with Crippen LogP contribution in [0.3, 0.4) is 0 Å². The van der Waals surface area contributed by atoms with Crippen LogP contribution in [-0.2, 0) is 0 Å². The van der Waals surface area contributed by atoms with Crippen molar-refractivity contribution in [3.8, 4) is 0 Å². The zero-order chi connectivity index (χ0) is 15.4. The van der Waals surface area contributed by atoms with Crippen LogP contribution in [0.2, 0.25) is 10.0 Å². The summed E-state index contributed by atoms with van der Waals surface area (Å²) < 4.78 is 0. The fourth-order valence-electron chi connectivity index (χ4n) is 2.94. The average molecular weight is 336 g/mol. The van der Waals surface area contributed by atoms with Gasteiger partial charge in [0.1, 0.15) is 0 Å². The van der Waals surface area contributed by atoms with Crippen molar-refractivity contribution < 1.29 is 0 Å². The molecule has 3 rings (SSSR count). The Labute approximate surface area is 141 Å². The Morgan fingerprint density at radius 3 is 2.77 bits per heavy atom. The molecule has 3 nitrogen and oxygen atoms in total. The second kappa shape index (κ2) is 7.42. The van der Waals surface area contributed by atoms with Gasteiger partial charge in [-0.25, -0.2) is 0 Å². The van der Waals surface area contributed by atoms with Gasteiger partial charge in [-0.15, -0.1) is 0 Å². The molecule has 0 aliphatic carbocycles. The van der Waals surface area contributed by atoms with Crippen molar-refractivity contribution in [2.24, 2.45) is 0 Å². The van der Waals surface area contributed by atoms with E-state index < -0.39 is 0 Å². The Morgan fingerprint density at radius 2 is 1.95 bits per heavy atom. The third kappa shape index (κ3) is 3.44. The Balaban J connectivity index is 2.04. The summed E-state index contributed by atoms with van der Waals surface area (Å²) in [7, 11) is 0. The van der Waals surface area contributed by atoms with E-state index in [1.54, 1.807) is 0 Å². The van der Waals surface area contributed by atoms with Crippen molar-refractivity contribution in [1.82, 2.24) is 15.2 Å². The van der Waals surface area contributed by atoms with Gasteiger partial charge in [-0.1, -0.05) is 41.4 Å². The lowest BCUT2D eigenvalue weighted by molar-refractivity contribution is 0.237. The summed E-state index contributed by atoms with van der Waals surface area (Å²) in [5.74, 6) is 0. The van der Waals surface area contributed by atoms with Crippen molar-refractivity contribution in [3.63, 3.8) is 0 Å². The predicted molar refractivity (Wildman–Crippen MR) is 91.6 cm³/mol. The maximum absolute atomic E-state index is 6.50. The van der Waals surface area contributed by atoms with Crippen LogP contribution in [0.5, 0.6) is 0 Å². The van der Waals surface area contributed by atoms with E-state index in [-0.39, 0.29) is 6.04 Å². The van der Waals surface area contributed by atoms with Gasteiger partial charge in [0.15, 0.2) is 0 Å². The highest BCUT2D eigenvalue weighted by Gasteiger charge is 2.26. The molecule has 0 spiro atoms. The molecule has 1 saturated heterocycles. The summed E-state index contributed by atoms with van der Waals surface area (Å²) in [6.45, 7) is 4.00. The molecule has 2 aromatic rings. The van der Waals surface area contributed by atoms with Gasteiger partial charge in [-0.2, -0.15) is 0 Å². The minimum atomic E-state index is 0.0345. The molecule has 0 bridgehead atoms. The molecule has 1 aliphatic heterocycles. The molecule has 5 heteroatoms. The van der Waals surface area contributed by atoms with Crippen LogP contribution >= 0.6 is 23.2 Å². The number of benzene rings is 1. The minimum Gasteiger partial charge on any atom is -0.315 e. The van der Waals surface area contributed by atoms with Gasteiger partial charge >= 0.3 is 0 Å². The highest BCUT2D eigenvalue weighted by Crippen LogP contribution is 2.36. The minimum absolute atomic E-state index is 0.0345. The van der Waals surface area contributed by atoms with Crippen molar-refractivity contribution in [1.29, 1.82) is 0 Å². The Kier molecular flexibility index (Phi) is 5.32. The van der Waals surface area contributed by atoms with Crippen molar-refractivity contribution in [2.45, 2.75) is 12.5 Å². The van der Waals surface area contributed by atoms with E-state index in [4.69, 9.17) is 23.2 Å². The fourth-order valence-corrected chi connectivity index (χ4v) is 3.35. The lowest BCUT2D eigenvalue weighted by atomic mass is 10.0. The van der Waals surface area contributed by atoms with E-state index in [1.165, 1.54) is 0 Å². The summed E-state index contributed by atoms with van der Waals surface area (Å²) in [5, 5.41) is 4.65. The van der Waals surface area contributed by atoms with Crippen molar-refractivity contribution in [3.05, 3.63) is 63.9 Å². The molecule has 0 radical (unpaired) electrons. The fraction of sp³-hybridized carbons (Fsp3) is 0.353. The Hall–Kier alpha value is -1.13. The largest absolute Gasteiger partial charge is 0.315 e. The molecule has 1 atom stereocenters. The quantitative estimate of drug-likeness (QED) is 0.925. The zero-order valence-electron chi connectivity index (χ0n) is 12.3. The monoisotopic (exact) mass is 335 g/mol. The lowest BCUT2D eigenvalue weighted by Crippen LogP contribution is -2.33. The number of nitrogens with zero attached hydrogens (tertiary/aromatic N) is 2. The molecular weight excluding hydrogens is 317 g/mol. The first-order chi connectivity index (χ1) is 10.8. The average Bonchev–Trinajstić information content (AvgIpc) is 2.82. The molecule has 116 valence electrons. The van der Waals surface area contributed by atoms with Crippen molar-refractivity contribution >= 4 is 23.2 Å². The zero-order valence-corrected chi connectivity index (χ0v) is 13.8. The number of aromatic nitrogens is 1. The summed E-state index contributed by atoms with van der Waals surface area (Å²) in [4.78, 5) is 7.00. The maximum Gasteiger partial charge on any atom is 0.0791 e. The molecule has 22 heavy (non-hydrogen) atoms. The first kappa shape index (κ1) is 15.8. The van der Waals surface area contributed by atoms with E-state index >= 15 is 0 Å². The highest BCUT2D eigenvalue weighted by atomic mass is 35.5. The number of rotatable bonds is 3. The molecule has 0 saturated carbocycles. The molecule has 1 N–H and O–H groups in total. The van der Waals surface area contributed by atoms with Gasteiger partial charge < -0.3 is 5.32 Å². The Morgan fingerprint density at radius 1 is 1.05 bits per heavy atom. The number of nitrogens with one attached hydrogen (secondary N) is 1. The maximum atomic E-state index is 6.50. The number of pyridine rings is 1. The number of halogens is 2. The van der Waals surface area contributed by atoms with Gasteiger partial charge in [-0.3, -0.25) is 9.88 Å². The second-order valence-electron chi connectivity index (χ2n) is 5.44. The molecule has 2 heterocycles.